The molecule has 152 valence electrons. The van der Waals surface area contributed by atoms with E-state index in [-0.39, 0.29) is 18.7 Å². The number of alkyl halides is 3. The zero-order chi connectivity index (χ0) is 20.5. The van der Waals surface area contributed by atoms with Gasteiger partial charge in [-0.1, -0.05) is 41.4 Å². The van der Waals surface area contributed by atoms with Crippen LogP contribution in [0.25, 0.3) is 0 Å². The van der Waals surface area contributed by atoms with Crippen molar-refractivity contribution < 1.29 is 21.6 Å². The molecule has 0 N–H and O–H groups in total. The van der Waals surface area contributed by atoms with Gasteiger partial charge in [-0.05, 0) is 11.6 Å². The number of nitrogens with zero attached hydrogens (tertiary/aromatic N) is 3. The molecule has 5 nitrogen and oxygen atoms in total. The molecule has 1 fully saturated rings. The molecule has 2 heterocycles. The summed E-state index contributed by atoms with van der Waals surface area (Å²) in [5, 5.41) is 0.737. The van der Waals surface area contributed by atoms with Crippen LogP contribution in [0.15, 0.2) is 36.7 Å². The summed E-state index contributed by atoms with van der Waals surface area (Å²) in [6.45, 7) is 1.06. The van der Waals surface area contributed by atoms with Crippen LogP contribution < -0.4 is 4.90 Å². The maximum Gasteiger partial charge on any atom is 0.416 e. The molecule has 3 rings (SSSR count). The lowest BCUT2D eigenvalue weighted by Crippen LogP contribution is -2.49. The molecule has 0 unspecified atom stereocenters. The van der Waals surface area contributed by atoms with E-state index >= 15 is 0 Å². The van der Waals surface area contributed by atoms with E-state index in [0.29, 0.717) is 28.8 Å². The molecule has 28 heavy (non-hydrogen) atoms. The molecule has 1 aromatic heterocycles. The average molecular weight is 454 g/mol. The molecule has 1 saturated heterocycles. The second-order valence-electron chi connectivity index (χ2n) is 6.29. The Balaban J connectivity index is 1.70. The normalized spacial score (nSPS) is 16.4. The number of hydrogen-bond donors (Lipinski definition) is 0. The van der Waals surface area contributed by atoms with Crippen LogP contribution in [0.4, 0.5) is 18.9 Å². The minimum absolute atomic E-state index is 0.0949. The highest BCUT2D eigenvalue weighted by molar-refractivity contribution is 7.88. The third-order valence-electron chi connectivity index (χ3n) is 4.38. The summed E-state index contributed by atoms with van der Waals surface area (Å²) in [7, 11) is -3.76. The van der Waals surface area contributed by atoms with Crippen molar-refractivity contribution in [2.24, 2.45) is 0 Å². The standard InChI is InChI=1S/C17H16Cl2F3N3O2S/c18-14-9-23-10-15(19)16(14)24-4-6-25(7-5-24)28(26,27)11-12-2-1-3-13(8-12)17(20,21)22/h1-3,8-10H,4-7,11H2. The highest BCUT2D eigenvalue weighted by atomic mass is 35.5. The molecule has 1 aliphatic rings. The zero-order valence-electron chi connectivity index (χ0n) is 14.5. The van der Waals surface area contributed by atoms with Crippen molar-refractivity contribution in [3.8, 4) is 0 Å². The summed E-state index contributed by atoms with van der Waals surface area (Å²) < 4.78 is 65.1. The van der Waals surface area contributed by atoms with Crippen molar-refractivity contribution in [3.05, 3.63) is 57.8 Å². The molecule has 2 aromatic rings. The van der Waals surface area contributed by atoms with Crippen LogP contribution in [0.2, 0.25) is 10.0 Å². The molecule has 0 spiro atoms. The van der Waals surface area contributed by atoms with E-state index in [9.17, 15) is 21.6 Å². The lowest BCUT2D eigenvalue weighted by Gasteiger charge is -2.36. The van der Waals surface area contributed by atoms with Crippen LogP contribution in [0.5, 0.6) is 0 Å². The number of piperazine rings is 1. The Hall–Kier alpha value is -1.55. The number of hydrogen-bond acceptors (Lipinski definition) is 4. The second kappa shape index (κ2) is 8.06. The number of anilines is 1. The smallest absolute Gasteiger partial charge is 0.366 e. The fourth-order valence-corrected chi connectivity index (χ4v) is 5.14. The molecule has 11 heteroatoms. The van der Waals surface area contributed by atoms with Gasteiger partial charge < -0.3 is 4.90 Å². The predicted octanol–water partition coefficient (Wildman–Crippen LogP) is 4.06. The molecule has 0 radical (unpaired) electrons. The summed E-state index contributed by atoms with van der Waals surface area (Å²) in [5.41, 5.74) is -0.183. The largest absolute Gasteiger partial charge is 0.416 e. The number of pyridine rings is 1. The van der Waals surface area contributed by atoms with Crippen LogP contribution in [-0.2, 0) is 22.0 Å². The van der Waals surface area contributed by atoms with Gasteiger partial charge in [0.15, 0.2) is 0 Å². The van der Waals surface area contributed by atoms with E-state index in [2.05, 4.69) is 4.98 Å². The van der Waals surface area contributed by atoms with Crippen molar-refractivity contribution in [1.29, 1.82) is 0 Å². The second-order valence-corrected chi connectivity index (χ2v) is 9.08. The number of aromatic nitrogens is 1. The van der Waals surface area contributed by atoms with Gasteiger partial charge in [-0.25, -0.2) is 8.42 Å². The highest BCUT2D eigenvalue weighted by Crippen LogP contribution is 2.33. The van der Waals surface area contributed by atoms with E-state index < -0.39 is 27.5 Å². The third-order valence-corrected chi connectivity index (χ3v) is 6.78. The lowest BCUT2D eigenvalue weighted by atomic mass is 10.1. The van der Waals surface area contributed by atoms with Crippen LogP contribution in [-0.4, -0.2) is 43.9 Å². The summed E-state index contributed by atoms with van der Waals surface area (Å²) >= 11 is 12.3. The molecule has 0 saturated carbocycles. The van der Waals surface area contributed by atoms with E-state index in [4.69, 9.17) is 23.2 Å². The van der Waals surface area contributed by atoms with E-state index in [1.807, 2.05) is 4.90 Å². The van der Waals surface area contributed by atoms with Gasteiger partial charge in [0.1, 0.15) is 0 Å². The van der Waals surface area contributed by atoms with Gasteiger partial charge in [-0.2, -0.15) is 17.5 Å². The summed E-state index contributed by atoms with van der Waals surface area (Å²) in [6, 6.07) is 4.36. The molecule has 1 aliphatic heterocycles. The molecule has 1 aromatic carbocycles. The van der Waals surface area contributed by atoms with Crippen LogP contribution >= 0.6 is 23.2 Å². The Bertz CT molecular complexity index is 942. The van der Waals surface area contributed by atoms with Gasteiger partial charge in [0.05, 0.1) is 27.0 Å². The minimum Gasteiger partial charge on any atom is -0.366 e. The van der Waals surface area contributed by atoms with Gasteiger partial charge in [0, 0.05) is 38.6 Å². The first-order valence-corrected chi connectivity index (χ1v) is 10.6. The molecular weight excluding hydrogens is 438 g/mol. The molecule has 0 amide bonds. The molecule has 0 bridgehead atoms. The van der Waals surface area contributed by atoms with E-state index in [1.165, 1.54) is 28.8 Å². The third kappa shape index (κ3) is 4.71. The van der Waals surface area contributed by atoms with E-state index in [1.54, 1.807) is 0 Å². The number of halogens is 5. The first kappa shape index (κ1) is 21.2. The Morgan fingerprint density at radius 3 is 2.21 bits per heavy atom. The van der Waals surface area contributed by atoms with Crippen LogP contribution in [0.3, 0.4) is 0 Å². The van der Waals surface area contributed by atoms with Gasteiger partial charge in [-0.3, -0.25) is 4.98 Å². The zero-order valence-corrected chi connectivity index (χ0v) is 16.8. The van der Waals surface area contributed by atoms with Gasteiger partial charge in [0.2, 0.25) is 10.0 Å². The van der Waals surface area contributed by atoms with Gasteiger partial charge in [-0.15, -0.1) is 0 Å². The Labute approximate surface area is 170 Å². The fraction of sp³-hybridized carbons (Fsp3) is 0.353. The first-order valence-electron chi connectivity index (χ1n) is 8.26. The Morgan fingerprint density at radius 1 is 1.04 bits per heavy atom. The SMILES string of the molecule is O=S(=O)(Cc1cccc(C(F)(F)F)c1)N1CCN(c2c(Cl)cncc2Cl)CC1. The maximum atomic E-state index is 12.8. The lowest BCUT2D eigenvalue weighted by molar-refractivity contribution is -0.137. The maximum absolute atomic E-state index is 12.8. The van der Waals surface area contributed by atoms with E-state index in [0.717, 1.165) is 12.1 Å². The first-order chi connectivity index (χ1) is 13.1. The van der Waals surface area contributed by atoms with Crippen molar-refractivity contribution in [2.45, 2.75) is 11.9 Å². The van der Waals surface area contributed by atoms with Crippen molar-refractivity contribution >= 4 is 38.9 Å². The summed E-state index contributed by atoms with van der Waals surface area (Å²) in [6.07, 6.45) is -1.60. The minimum atomic E-state index is -4.52. The summed E-state index contributed by atoms with van der Waals surface area (Å²) in [4.78, 5) is 5.75. The highest BCUT2D eigenvalue weighted by Gasteiger charge is 2.32. The van der Waals surface area contributed by atoms with Crippen molar-refractivity contribution in [3.63, 3.8) is 0 Å². The number of benzene rings is 1. The fourth-order valence-electron chi connectivity index (χ4n) is 3.04. The topological polar surface area (TPSA) is 53.5 Å². The quantitative estimate of drug-likeness (QED) is 0.700. The Morgan fingerprint density at radius 2 is 1.64 bits per heavy atom. The summed E-state index contributed by atoms with van der Waals surface area (Å²) in [5.74, 6) is -0.492. The van der Waals surface area contributed by atoms with Crippen LogP contribution in [0, 0.1) is 0 Å². The average Bonchev–Trinajstić information content (AvgIpc) is 2.61. The van der Waals surface area contributed by atoms with Gasteiger partial charge in [0.25, 0.3) is 0 Å². The monoisotopic (exact) mass is 453 g/mol. The molecule has 0 aliphatic carbocycles. The molecular formula is C17H16Cl2F3N3O2S. The Kier molecular flexibility index (Phi) is 6.09. The number of rotatable bonds is 4. The van der Waals surface area contributed by atoms with Crippen molar-refractivity contribution in [2.75, 3.05) is 31.1 Å². The van der Waals surface area contributed by atoms with Crippen LogP contribution in [0.1, 0.15) is 11.1 Å². The molecule has 0 atom stereocenters. The van der Waals surface area contributed by atoms with Gasteiger partial charge >= 0.3 is 6.18 Å². The predicted molar refractivity (Wildman–Crippen MR) is 102 cm³/mol. The number of sulfonamides is 1. The van der Waals surface area contributed by atoms with Crippen molar-refractivity contribution in [1.82, 2.24) is 9.29 Å².